The van der Waals surface area contributed by atoms with E-state index < -0.39 is 5.60 Å². The number of carbonyl (C=O) groups excluding carboxylic acids is 1. The van der Waals surface area contributed by atoms with Crippen molar-refractivity contribution in [2.24, 2.45) is 29.1 Å². The normalized spacial score (nSPS) is 38.7. The van der Waals surface area contributed by atoms with Crippen LogP contribution in [-0.4, -0.2) is 28.2 Å². The van der Waals surface area contributed by atoms with Crippen LogP contribution >= 0.6 is 0 Å². The minimum absolute atomic E-state index is 0.0434. The molecule has 184 valence electrons. The van der Waals surface area contributed by atoms with E-state index in [1.807, 2.05) is 18.2 Å². The van der Waals surface area contributed by atoms with E-state index in [0.29, 0.717) is 41.8 Å². The van der Waals surface area contributed by atoms with Gasteiger partial charge in [-0.25, -0.2) is 0 Å². The monoisotopic (exact) mass is 472 g/mol. The summed E-state index contributed by atoms with van der Waals surface area (Å²) in [5.41, 5.74) is 3.82. The zero-order valence-electron chi connectivity index (χ0n) is 20.5. The maximum atomic E-state index is 12.3. The second kappa shape index (κ2) is 8.60. The largest absolute Gasteiger partial charge is 0.472 e. The van der Waals surface area contributed by atoms with E-state index in [1.54, 1.807) is 18.6 Å². The van der Waals surface area contributed by atoms with E-state index in [-0.39, 0.29) is 12.0 Å². The van der Waals surface area contributed by atoms with Gasteiger partial charge in [-0.15, -0.1) is 0 Å². The van der Waals surface area contributed by atoms with Gasteiger partial charge in [-0.05, 0) is 91.4 Å². The Bertz CT molecular complexity index is 1140. The zero-order chi connectivity index (χ0) is 24.2. The topological polar surface area (TPSA) is 70.7 Å². The molecule has 4 aliphatic rings. The van der Waals surface area contributed by atoms with Gasteiger partial charge in [0.05, 0.1) is 24.7 Å². The standard InChI is InChI=1S/C31H36O4/c1-30-18-27(21-5-3-20(4-6-21)23-12-16-35-19-23)29-25-10-8-24(33)17-22(25)7-9-26(29)28(30)11-14-31(30,34)13-2-15-32/h2-6,12-13,16-17,19,25-29,32,34H,7-11,14-15,18H2,1H3/b13-2-/t25-,26-,27+,28-,29+,30-,31-/m0/s1. The van der Waals surface area contributed by atoms with Crippen molar-refractivity contribution in [3.8, 4) is 11.1 Å². The average molecular weight is 473 g/mol. The van der Waals surface area contributed by atoms with Crippen molar-refractivity contribution >= 4 is 5.78 Å². The molecule has 6 rings (SSSR count). The lowest BCUT2D eigenvalue weighted by Gasteiger charge is -2.58. The highest BCUT2D eigenvalue weighted by Gasteiger charge is 2.63. The van der Waals surface area contributed by atoms with Gasteiger partial charge in [-0.3, -0.25) is 4.79 Å². The molecule has 1 aromatic heterocycles. The molecule has 0 radical (unpaired) electrons. The highest BCUT2D eigenvalue weighted by molar-refractivity contribution is 5.91. The van der Waals surface area contributed by atoms with Crippen LogP contribution in [0.25, 0.3) is 11.1 Å². The lowest BCUT2D eigenvalue weighted by atomic mass is 9.46. The SMILES string of the molecule is C[C@]12C[C@H](c3ccc(-c4ccoc4)cc3)[C@H]3[C@@H](CCC4=CC(=O)CC[C@@H]43)[C@@H]1CC[C@@]2(O)/C=C\CO. The first-order chi connectivity index (χ1) is 16.9. The number of aliphatic hydroxyl groups excluding tert-OH is 1. The Morgan fingerprint density at radius 3 is 2.63 bits per heavy atom. The van der Waals surface area contributed by atoms with Gasteiger partial charge in [0.25, 0.3) is 0 Å². The van der Waals surface area contributed by atoms with Gasteiger partial charge in [0.2, 0.25) is 0 Å². The quantitative estimate of drug-likeness (QED) is 0.531. The van der Waals surface area contributed by atoms with Crippen LogP contribution in [0.2, 0.25) is 0 Å². The zero-order valence-corrected chi connectivity index (χ0v) is 20.5. The van der Waals surface area contributed by atoms with Crippen LogP contribution in [0, 0.1) is 29.1 Å². The predicted molar refractivity (Wildman–Crippen MR) is 136 cm³/mol. The number of rotatable bonds is 4. The third-order valence-corrected chi connectivity index (χ3v) is 10.2. The molecule has 7 atom stereocenters. The maximum absolute atomic E-state index is 12.3. The molecule has 1 aromatic carbocycles. The summed E-state index contributed by atoms with van der Waals surface area (Å²) in [6.45, 7) is 2.25. The van der Waals surface area contributed by atoms with Crippen LogP contribution in [0.3, 0.4) is 0 Å². The first-order valence-electron chi connectivity index (χ1n) is 13.3. The molecular formula is C31H36O4. The van der Waals surface area contributed by atoms with Gasteiger partial charge >= 0.3 is 0 Å². The van der Waals surface area contributed by atoms with Crippen LogP contribution in [0.5, 0.6) is 0 Å². The highest BCUT2D eigenvalue weighted by Crippen LogP contribution is 2.68. The predicted octanol–water partition coefficient (Wildman–Crippen LogP) is 6.06. The average Bonchev–Trinajstić information content (AvgIpc) is 3.49. The molecule has 2 aromatic rings. The number of ketones is 1. The van der Waals surface area contributed by atoms with E-state index in [4.69, 9.17) is 4.42 Å². The summed E-state index contributed by atoms with van der Waals surface area (Å²) in [4.78, 5) is 12.3. The molecule has 0 saturated heterocycles. The van der Waals surface area contributed by atoms with Crippen molar-refractivity contribution in [3.63, 3.8) is 0 Å². The molecule has 35 heavy (non-hydrogen) atoms. The van der Waals surface area contributed by atoms with Crippen molar-refractivity contribution in [1.82, 2.24) is 0 Å². The molecule has 3 fully saturated rings. The molecular weight excluding hydrogens is 436 g/mol. The molecule has 0 amide bonds. The van der Waals surface area contributed by atoms with Crippen LogP contribution in [-0.2, 0) is 4.79 Å². The molecule has 0 unspecified atom stereocenters. The Balaban J connectivity index is 1.42. The van der Waals surface area contributed by atoms with Crippen molar-refractivity contribution in [3.05, 3.63) is 72.2 Å². The maximum Gasteiger partial charge on any atom is 0.155 e. The van der Waals surface area contributed by atoms with E-state index >= 15 is 0 Å². The van der Waals surface area contributed by atoms with E-state index in [0.717, 1.165) is 49.7 Å². The van der Waals surface area contributed by atoms with Gasteiger partial charge in [-0.1, -0.05) is 48.9 Å². The molecule has 4 heteroatoms. The molecule has 4 aliphatic carbocycles. The minimum Gasteiger partial charge on any atom is -0.472 e. The van der Waals surface area contributed by atoms with Crippen LogP contribution in [0.4, 0.5) is 0 Å². The fraction of sp³-hybridized carbons (Fsp3) is 0.516. The molecule has 0 aliphatic heterocycles. The first-order valence-corrected chi connectivity index (χ1v) is 13.3. The molecule has 4 nitrogen and oxygen atoms in total. The summed E-state index contributed by atoms with van der Waals surface area (Å²) in [6, 6.07) is 10.9. The van der Waals surface area contributed by atoms with Crippen molar-refractivity contribution in [2.75, 3.05) is 6.61 Å². The van der Waals surface area contributed by atoms with Gasteiger partial charge in [0.15, 0.2) is 5.78 Å². The Labute approximate surface area is 207 Å². The van der Waals surface area contributed by atoms with E-state index in [2.05, 4.69) is 31.2 Å². The number of aliphatic hydroxyl groups is 2. The van der Waals surface area contributed by atoms with Crippen LogP contribution in [0.1, 0.15) is 63.4 Å². The van der Waals surface area contributed by atoms with Crippen LogP contribution < -0.4 is 0 Å². The number of furan rings is 1. The third-order valence-electron chi connectivity index (χ3n) is 10.2. The van der Waals surface area contributed by atoms with Gasteiger partial charge < -0.3 is 14.6 Å². The fourth-order valence-corrected chi connectivity index (χ4v) is 8.56. The Hall–Kier alpha value is -2.43. The second-order valence-electron chi connectivity index (χ2n) is 11.6. The van der Waals surface area contributed by atoms with Gasteiger partial charge in [0, 0.05) is 17.4 Å². The number of benzene rings is 1. The van der Waals surface area contributed by atoms with Gasteiger partial charge in [0.1, 0.15) is 0 Å². The Morgan fingerprint density at radius 2 is 1.89 bits per heavy atom. The summed E-state index contributed by atoms with van der Waals surface area (Å²) in [6.07, 6.45) is 15.5. The lowest BCUT2D eigenvalue weighted by molar-refractivity contribution is -0.117. The summed E-state index contributed by atoms with van der Waals surface area (Å²) < 4.78 is 5.28. The summed E-state index contributed by atoms with van der Waals surface area (Å²) in [7, 11) is 0. The number of carbonyl (C=O) groups is 1. The number of hydrogen-bond donors (Lipinski definition) is 2. The highest BCUT2D eigenvalue weighted by atomic mass is 16.3. The molecule has 1 heterocycles. The third kappa shape index (κ3) is 3.60. The van der Waals surface area contributed by atoms with Crippen molar-refractivity contribution in [1.29, 1.82) is 0 Å². The molecule has 3 saturated carbocycles. The smallest absolute Gasteiger partial charge is 0.155 e. The van der Waals surface area contributed by atoms with Crippen molar-refractivity contribution < 1.29 is 19.4 Å². The van der Waals surface area contributed by atoms with Crippen LogP contribution in [0.15, 0.2) is 71.1 Å². The fourth-order valence-electron chi connectivity index (χ4n) is 8.56. The first kappa shape index (κ1) is 23.0. The summed E-state index contributed by atoms with van der Waals surface area (Å²) in [5, 5.41) is 21.4. The number of fused-ring (bicyclic) bond motifs is 5. The molecule has 0 bridgehead atoms. The minimum atomic E-state index is -0.890. The Morgan fingerprint density at radius 1 is 1.06 bits per heavy atom. The molecule has 0 spiro atoms. The van der Waals surface area contributed by atoms with Crippen molar-refractivity contribution in [2.45, 2.75) is 63.4 Å². The van der Waals surface area contributed by atoms with E-state index in [1.165, 1.54) is 11.1 Å². The Kier molecular flexibility index (Phi) is 5.65. The summed E-state index contributed by atoms with van der Waals surface area (Å²) >= 11 is 0. The number of hydrogen-bond acceptors (Lipinski definition) is 4. The summed E-state index contributed by atoms with van der Waals surface area (Å²) in [5.74, 6) is 2.59. The molecule has 2 N–H and O–H groups in total. The second-order valence-corrected chi connectivity index (χ2v) is 11.6. The van der Waals surface area contributed by atoms with Gasteiger partial charge in [-0.2, -0.15) is 0 Å². The lowest BCUT2D eigenvalue weighted by Crippen LogP contribution is -2.54. The van der Waals surface area contributed by atoms with E-state index in [9.17, 15) is 15.0 Å². The number of allylic oxidation sites excluding steroid dienone is 1.